The van der Waals surface area contributed by atoms with E-state index in [0.29, 0.717) is 5.56 Å². The van der Waals surface area contributed by atoms with Gasteiger partial charge in [0.2, 0.25) is 0 Å². The lowest BCUT2D eigenvalue weighted by molar-refractivity contribution is 0.108. The molecule has 0 radical (unpaired) electrons. The molecule has 34 heavy (non-hydrogen) atoms. The number of hydrogen-bond donors (Lipinski definition) is 0. The van der Waals surface area contributed by atoms with E-state index >= 15 is 0 Å². The number of halogens is 1. The Balaban J connectivity index is 1.53. The van der Waals surface area contributed by atoms with E-state index in [2.05, 4.69) is 89.8 Å². The summed E-state index contributed by atoms with van der Waals surface area (Å²) in [7, 11) is 0. The van der Waals surface area contributed by atoms with Crippen LogP contribution in [-0.2, 0) is 0 Å². The highest BCUT2D eigenvalue weighted by molar-refractivity contribution is 6.67. The predicted molar refractivity (Wildman–Crippen MR) is 142 cm³/mol. The van der Waals surface area contributed by atoms with Crippen LogP contribution in [0.25, 0.3) is 22.3 Å². The van der Waals surface area contributed by atoms with Gasteiger partial charge in [0.05, 0.1) is 0 Å². The number of benzene rings is 5. The Kier molecular flexibility index (Phi) is 6.24. The summed E-state index contributed by atoms with van der Waals surface area (Å²) in [5.41, 5.74) is 8.19. The van der Waals surface area contributed by atoms with Crippen LogP contribution in [0.1, 0.15) is 10.4 Å². The van der Waals surface area contributed by atoms with Crippen molar-refractivity contribution in [1.82, 2.24) is 0 Å². The first kappa shape index (κ1) is 21.7. The second kappa shape index (κ2) is 9.78. The molecule has 0 unspecified atom stereocenters. The van der Waals surface area contributed by atoms with Crippen molar-refractivity contribution in [3.63, 3.8) is 0 Å². The molecule has 5 aromatic rings. The van der Waals surface area contributed by atoms with E-state index in [4.69, 9.17) is 11.6 Å². The summed E-state index contributed by atoms with van der Waals surface area (Å²) in [4.78, 5) is 13.7. The van der Waals surface area contributed by atoms with Gasteiger partial charge in [0.1, 0.15) is 0 Å². The summed E-state index contributed by atoms with van der Waals surface area (Å²) in [6, 6.07) is 45.1. The molecular weight excluding hydrogens is 438 g/mol. The molecular formula is C31H22ClNO. The van der Waals surface area contributed by atoms with Crippen LogP contribution >= 0.6 is 11.6 Å². The minimum atomic E-state index is -0.447. The summed E-state index contributed by atoms with van der Waals surface area (Å²) in [6.07, 6.45) is 0. The van der Waals surface area contributed by atoms with Gasteiger partial charge in [-0.1, -0.05) is 84.9 Å². The fourth-order valence-electron chi connectivity index (χ4n) is 4.16. The molecule has 0 saturated heterocycles. The maximum atomic E-state index is 11.4. The number of para-hydroxylation sites is 2. The highest BCUT2D eigenvalue weighted by atomic mass is 35.5. The first-order chi connectivity index (χ1) is 16.7. The Morgan fingerprint density at radius 3 is 1.29 bits per heavy atom. The van der Waals surface area contributed by atoms with Crippen molar-refractivity contribution in [3.8, 4) is 22.3 Å². The first-order valence-electron chi connectivity index (χ1n) is 11.1. The highest BCUT2D eigenvalue weighted by Gasteiger charge is 2.13. The molecule has 0 spiro atoms. The summed E-state index contributed by atoms with van der Waals surface area (Å²) in [6.45, 7) is 0. The van der Waals surface area contributed by atoms with E-state index in [1.54, 1.807) is 12.1 Å². The highest BCUT2D eigenvalue weighted by Crippen LogP contribution is 2.37. The minimum Gasteiger partial charge on any atom is -0.311 e. The third-order valence-corrected chi connectivity index (χ3v) is 6.03. The van der Waals surface area contributed by atoms with Gasteiger partial charge in [-0.15, -0.1) is 0 Å². The second-order valence-electron chi connectivity index (χ2n) is 7.95. The SMILES string of the molecule is O=C(Cl)c1ccc(-c2ccccc2-c2ccc(N(c3ccccc3)c3ccccc3)cc2)cc1. The lowest BCUT2D eigenvalue weighted by Crippen LogP contribution is -2.09. The zero-order chi connectivity index (χ0) is 23.3. The Bertz CT molecular complexity index is 1360. The van der Waals surface area contributed by atoms with E-state index in [-0.39, 0.29) is 0 Å². The number of anilines is 3. The van der Waals surface area contributed by atoms with Crippen molar-refractivity contribution in [2.75, 3.05) is 4.90 Å². The van der Waals surface area contributed by atoms with Crippen LogP contribution < -0.4 is 4.90 Å². The van der Waals surface area contributed by atoms with Crippen LogP contribution in [0.5, 0.6) is 0 Å². The third kappa shape index (κ3) is 4.50. The topological polar surface area (TPSA) is 20.3 Å². The van der Waals surface area contributed by atoms with Crippen molar-refractivity contribution in [2.24, 2.45) is 0 Å². The average Bonchev–Trinajstić information content (AvgIpc) is 2.91. The standard InChI is InChI=1S/C31H22ClNO/c32-31(34)25-17-15-23(16-18-25)29-13-7-8-14-30(29)24-19-21-28(22-20-24)33(26-9-3-1-4-10-26)27-11-5-2-6-12-27/h1-22H. The van der Waals surface area contributed by atoms with Crippen molar-refractivity contribution in [1.29, 1.82) is 0 Å². The molecule has 0 aliphatic rings. The number of carbonyl (C=O) groups excluding carboxylic acids is 1. The zero-order valence-corrected chi connectivity index (χ0v) is 19.2. The van der Waals surface area contributed by atoms with Crippen LogP contribution in [0.4, 0.5) is 17.1 Å². The molecule has 0 atom stereocenters. The fourth-order valence-corrected chi connectivity index (χ4v) is 4.28. The lowest BCUT2D eigenvalue weighted by atomic mass is 9.94. The second-order valence-corrected chi connectivity index (χ2v) is 8.29. The van der Waals surface area contributed by atoms with E-state index in [1.165, 1.54) is 0 Å². The Morgan fingerprint density at radius 2 is 0.853 bits per heavy atom. The van der Waals surface area contributed by atoms with Crippen LogP contribution in [0.3, 0.4) is 0 Å². The number of carbonyl (C=O) groups is 1. The normalized spacial score (nSPS) is 10.6. The summed E-state index contributed by atoms with van der Waals surface area (Å²) < 4.78 is 0. The molecule has 0 heterocycles. The van der Waals surface area contributed by atoms with Gasteiger partial charge in [-0.05, 0) is 82.4 Å². The number of hydrogen-bond acceptors (Lipinski definition) is 2. The van der Waals surface area contributed by atoms with Gasteiger partial charge in [-0.3, -0.25) is 4.79 Å². The maximum Gasteiger partial charge on any atom is 0.252 e. The van der Waals surface area contributed by atoms with E-state index in [9.17, 15) is 4.79 Å². The van der Waals surface area contributed by atoms with E-state index in [0.717, 1.165) is 39.3 Å². The quantitative estimate of drug-likeness (QED) is 0.236. The molecule has 0 bridgehead atoms. The van der Waals surface area contributed by atoms with Crippen molar-refractivity contribution >= 4 is 33.9 Å². The van der Waals surface area contributed by atoms with Crippen LogP contribution in [0.15, 0.2) is 133 Å². The Labute approximate surface area is 204 Å². The first-order valence-corrected chi connectivity index (χ1v) is 11.5. The van der Waals surface area contributed by atoms with Crippen LogP contribution in [0, 0.1) is 0 Å². The van der Waals surface area contributed by atoms with Crippen molar-refractivity contribution in [3.05, 3.63) is 139 Å². The van der Waals surface area contributed by atoms with Crippen LogP contribution in [-0.4, -0.2) is 5.24 Å². The summed E-state index contributed by atoms with van der Waals surface area (Å²) in [5.74, 6) is 0. The van der Waals surface area contributed by atoms with Gasteiger partial charge < -0.3 is 4.90 Å². The van der Waals surface area contributed by atoms with Gasteiger partial charge in [0, 0.05) is 22.6 Å². The molecule has 2 nitrogen and oxygen atoms in total. The lowest BCUT2D eigenvalue weighted by Gasteiger charge is -2.25. The maximum absolute atomic E-state index is 11.4. The molecule has 3 heteroatoms. The van der Waals surface area contributed by atoms with E-state index in [1.807, 2.05) is 36.4 Å². The van der Waals surface area contributed by atoms with Gasteiger partial charge in [0.15, 0.2) is 0 Å². The number of nitrogens with zero attached hydrogens (tertiary/aromatic N) is 1. The largest absolute Gasteiger partial charge is 0.311 e. The molecule has 0 aromatic heterocycles. The molecule has 164 valence electrons. The molecule has 5 rings (SSSR count). The third-order valence-electron chi connectivity index (χ3n) is 5.82. The van der Waals surface area contributed by atoms with Gasteiger partial charge in [0.25, 0.3) is 5.24 Å². The minimum absolute atomic E-state index is 0.447. The monoisotopic (exact) mass is 459 g/mol. The molecule has 0 saturated carbocycles. The van der Waals surface area contributed by atoms with Crippen molar-refractivity contribution in [2.45, 2.75) is 0 Å². The van der Waals surface area contributed by atoms with Gasteiger partial charge >= 0.3 is 0 Å². The summed E-state index contributed by atoms with van der Waals surface area (Å²) >= 11 is 5.61. The van der Waals surface area contributed by atoms with E-state index < -0.39 is 5.24 Å². The molecule has 5 aromatic carbocycles. The average molecular weight is 460 g/mol. The van der Waals surface area contributed by atoms with Crippen LogP contribution in [0.2, 0.25) is 0 Å². The van der Waals surface area contributed by atoms with Crippen molar-refractivity contribution < 1.29 is 4.79 Å². The molecule has 0 aliphatic carbocycles. The predicted octanol–water partition coefficient (Wildman–Crippen LogP) is 8.87. The Morgan fingerprint density at radius 1 is 0.471 bits per heavy atom. The number of rotatable bonds is 6. The van der Waals surface area contributed by atoms with Gasteiger partial charge in [-0.2, -0.15) is 0 Å². The molecule has 0 aliphatic heterocycles. The molecule has 0 N–H and O–H groups in total. The Hall–Kier alpha value is -4.14. The zero-order valence-electron chi connectivity index (χ0n) is 18.4. The fraction of sp³-hybridized carbons (Fsp3) is 0. The molecule has 0 amide bonds. The summed E-state index contributed by atoms with van der Waals surface area (Å²) in [5, 5.41) is -0.447. The smallest absolute Gasteiger partial charge is 0.252 e. The molecule has 0 fully saturated rings. The van der Waals surface area contributed by atoms with Gasteiger partial charge in [-0.25, -0.2) is 0 Å².